The van der Waals surface area contributed by atoms with Crippen LogP contribution in [0.4, 0.5) is 22.7 Å². The van der Waals surface area contributed by atoms with E-state index in [1.807, 2.05) is 0 Å². The zero-order valence-corrected chi connectivity index (χ0v) is 20.4. The first-order valence-electron chi connectivity index (χ1n) is 11.3. The first kappa shape index (κ1) is 26.4. The van der Waals surface area contributed by atoms with Crippen molar-refractivity contribution < 1.29 is 45.0 Å². The van der Waals surface area contributed by atoms with Crippen molar-refractivity contribution in [3.05, 3.63) is 77.9 Å². The van der Waals surface area contributed by atoms with E-state index in [-0.39, 0.29) is 50.8 Å². The fourth-order valence-corrected chi connectivity index (χ4v) is 4.01. The number of benzene rings is 4. The maximum atomic E-state index is 11.8. The van der Waals surface area contributed by atoms with E-state index in [9.17, 15) is 40.2 Å². The predicted octanol–water partition coefficient (Wildman–Crippen LogP) is 4.65. The van der Waals surface area contributed by atoms with Gasteiger partial charge in [0.2, 0.25) is 11.4 Å². The first-order chi connectivity index (χ1) is 18.5. The molecule has 11 heteroatoms. The Balaban J connectivity index is 1.71. The summed E-state index contributed by atoms with van der Waals surface area (Å²) in [4.78, 5) is 23.4. The summed E-state index contributed by atoms with van der Waals surface area (Å²) in [5, 5.41) is 65.3. The molecule has 0 fully saturated rings. The summed E-state index contributed by atoms with van der Waals surface area (Å²) in [7, 11) is 1.21. The highest BCUT2D eigenvalue weighted by atomic mass is 16.5. The topological polar surface area (TPSA) is 180 Å². The molecule has 0 spiro atoms. The average molecular weight is 531 g/mol. The molecule has 0 radical (unpaired) electrons. The number of anilines is 2. The van der Waals surface area contributed by atoms with Crippen molar-refractivity contribution in [1.82, 2.24) is 4.58 Å². The minimum absolute atomic E-state index is 0.0582. The van der Waals surface area contributed by atoms with Crippen molar-refractivity contribution in [2.45, 2.75) is 0 Å². The summed E-state index contributed by atoms with van der Waals surface area (Å²) in [5.41, 5.74) is -0.00214. The van der Waals surface area contributed by atoms with E-state index in [1.165, 1.54) is 66.3 Å². The van der Waals surface area contributed by atoms with Gasteiger partial charge in [-0.1, -0.05) is 12.1 Å². The number of ether oxygens (including phenoxy) is 1. The minimum atomic E-state index is -1.20. The molecule has 0 aliphatic carbocycles. The maximum absolute atomic E-state index is 11.8. The fourth-order valence-electron chi connectivity index (χ4n) is 4.01. The third-order valence-corrected chi connectivity index (χ3v) is 5.86. The Kier molecular flexibility index (Phi) is 6.99. The van der Waals surface area contributed by atoms with Crippen molar-refractivity contribution in [3.63, 3.8) is 0 Å². The fraction of sp³-hybridized carbons (Fsp3) is 0.0357. The van der Waals surface area contributed by atoms with Crippen molar-refractivity contribution in [2.24, 2.45) is 0 Å². The number of carboxylic acid groups (broad SMARTS) is 1. The largest absolute Gasteiger partial charge is 0.507 e. The van der Waals surface area contributed by atoms with Crippen LogP contribution >= 0.6 is 0 Å². The third-order valence-electron chi connectivity index (χ3n) is 5.86. The number of rotatable bonds is 7. The number of aromatic carboxylic acids is 1. The molecule has 0 aromatic heterocycles. The van der Waals surface area contributed by atoms with Gasteiger partial charge in [-0.05, 0) is 24.3 Å². The van der Waals surface area contributed by atoms with E-state index in [2.05, 4.69) is 16.8 Å². The molecule has 0 saturated carbocycles. The highest BCUT2D eigenvalue weighted by Gasteiger charge is 2.26. The highest BCUT2D eigenvalue weighted by Crippen LogP contribution is 2.49. The summed E-state index contributed by atoms with van der Waals surface area (Å²) >= 11 is 0. The molecule has 39 heavy (non-hydrogen) atoms. The summed E-state index contributed by atoms with van der Waals surface area (Å²) in [6.45, 7) is 3.81. The van der Waals surface area contributed by atoms with Crippen LogP contribution in [0.5, 0.6) is 28.7 Å². The lowest BCUT2D eigenvalue weighted by molar-refractivity contribution is 0.0599. The molecule has 198 valence electrons. The highest BCUT2D eigenvalue weighted by molar-refractivity contribution is 5.95. The quantitative estimate of drug-likeness (QED) is 0.0768. The molecule has 0 unspecified atom stereocenters. The molecular formula is C28H23N2O9+. The minimum Gasteiger partial charge on any atom is -0.507 e. The second-order valence-corrected chi connectivity index (χ2v) is 8.35. The monoisotopic (exact) mass is 531 g/mol. The Labute approximate surface area is 221 Å². The number of esters is 1. The van der Waals surface area contributed by atoms with Crippen LogP contribution in [0, 0.1) is 0 Å². The second kappa shape index (κ2) is 10.3. The molecule has 7 N–H and O–H groups in total. The van der Waals surface area contributed by atoms with Crippen LogP contribution < -0.4 is 9.89 Å². The number of hydrogen-bond donors (Lipinski definition) is 7. The van der Waals surface area contributed by atoms with Gasteiger partial charge in [0, 0.05) is 23.9 Å². The van der Waals surface area contributed by atoms with Gasteiger partial charge in [-0.3, -0.25) is 0 Å². The number of methoxy groups -OCH3 is 1. The molecule has 0 amide bonds. The number of carbonyl (C=O) groups excluding carboxylic acids is 1. The Morgan fingerprint density at radius 2 is 1.36 bits per heavy atom. The van der Waals surface area contributed by atoms with Crippen LogP contribution in [0.15, 0.2) is 66.7 Å². The van der Waals surface area contributed by atoms with Crippen molar-refractivity contribution >= 4 is 41.4 Å². The zero-order chi connectivity index (χ0) is 28.4. The van der Waals surface area contributed by atoms with Gasteiger partial charge in [0.25, 0.3) is 0 Å². The third kappa shape index (κ3) is 5.09. The molecule has 11 nitrogen and oxygen atoms in total. The molecular weight excluding hydrogens is 508 g/mol. The maximum Gasteiger partial charge on any atom is 0.342 e. The van der Waals surface area contributed by atoms with Crippen molar-refractivity contribution in [3.8, 4) is 39.9 Å². The van der Waals surface area contributed by atoms with E-state index in [1.54, 1.807) is 12.1 Å². The molecule has 4 rings (SSSR count). The molecule has 0 atom stereocenters. The van der Waals surface area contributed by atoms with Crippen LogP contribution in [0.3, 0.4) is 0 Å². The Morgan fingerprint density at radius 3 is 1.92 bits per heavy atom. The Hall–Kier alpha value is -5.71. The molecule has 0 saturated heterocycles. The number of phenolic OH excluding ortho intramolecular Hbond substituents is 5. The van der Waals surface area contributed by atoms with Gasteiger partial charge in [-0.25, -0.2) is 9.59 Å². The number of nitrogens with zero attached hydrogens (tertiary/aromatic N) is 1. The number of para-hydroxylation sites is 1. The van der Waals surface area contributed by atoms with E-state index < -0.39 is 34.9 Å². The van der Waals surface area contributed by atoms with Crippen LogP contribution in [0.25, 0.3) is 11.1 Å². The van der Waals surface area contributed by atoms with Crippen LogP contribution in [0.2, 0.25) is 0 Å². The normalized spacial score (nSPS) is 10.6. The van der Waals surface area contributed by atoms with Gasteiger partial charge in [-0.15, -0.1) is 0 Å². The number of nitrogens with one attached hydrogen (secondary N) is 1. The standard InChI is InChI=1S/C28H22N2O9/c1-30(19-6-4-3-5-17(19)27(36)37)16-12-23(34)26(24(35)13-16)25-21(32)10-15(11-22(25)33)29-18-9-14(28(38)39-2)7-8-20(18)31/h3-13,29H,1H2,2H3,(H5-,31,32,33,34,35,36,37,38)/p+1. The Morgan fingerprint density at radius 1 is 0.795 bits per heavy atom. The van der Waals surface area contributed by atoms with Crippen LogP contribution in [-0.4, -0.2) is 56.4 Å². The van der Waals surface area contributed by atoms with E-state index in [0.29, 0.717) is 0 Å². The lowest BCUT2D eigenvalue weighted by Gasteiger charge is -2.15. The number of hydrogen-bond acceptors (Lipinski definition) is 9. The number of carbonyl (C=O) groups is 2. The molecule has 0 heterocycles. The Bertz CT molecular complexity index is 1600. The number of phenols is 5. The molecule has 4 aromatic rings. The summed E-state index contributed by atoms with van der Waals surface area (Å²) in [6.07, 6.45) is 0. The van der Waals surface area contributed by atoms with Gasteiger partial charge in [-0.2, -0.15) is 4.58 Å². The lowest BCUT2D eigenvalue weighted by Crippen LogP contribution is -2.07. The van der Waals surface area contributed by atoms with E-state index >= 15 is 0 Å². The van der Waals surface area contributed by atoms with Gasteiger partial charge in [0.1, 0.15) is 41.0 Å². The number of aromatic hydroxyl groups is 5. The predicted molar refractivity (Wildman–Crippen MR) is 143 cm³/mol. The van der Waals surface area contributed by atoms with Crippen molar-refractivity contribution in [1.29, 1.82) is 0 Å². The van der Waals surface area contributed by atoms with E-state index in [0.717, 1.165) is 0 Å². The smallest absolute Gasteiger partial charge is 0.342 e. The van der Waals surface area contributed by atoms with Gasteiger partial charge >= 0.3 is 11.9 Å². The van der Waals surface area contributed by atoms with Gasteiger partial charge in [0.05, 0.1) is 41.6 Å². The second-order valence-electron chi connectivity index (χ2n) is 8.35. The summed E-state index contributed by atoms with van der Waals surface area (Å²) in [6, 6.07) is 14.7. The molecule has 0 aliphatic rings. The van der Waals surface area contributed by atoms with Crippen LogP contribution in [0.1, 0.15) is 20.7 Å². The number of carboxylic acids is 1. The summed E-state index contributed by atoms with van der Waals surface area (Å²) in [5.74, 6) is -4.22. The first-order valence-corrected chi connectivity index (χ1v) is 11.3. The molecule has 0 bridgehead atoms. The lowest BCUT2D eigenvalue weighted by atomic mass is 9.99. The summed E-state index contributed by atoms with van der Waals surface area (Å²) < 4.78 is 5.87. The molecule has 4 aromatic carbocycles. The van der Waals surface area contributed by atoms with Gasteiger partial charge < -0.3 is 40.7 Å². The average Bonchev–Trinajstić information content (AvgIpc) is 2.90. The van der Waals surface area contributed by atoms with Gasteiger partial charge in [0.15, 0.2) is 0 Å². The zero-order valence-electron chi connectivity index (χ0n) is 20.4. The van der Waals surface area contributed by atoms with Crippen molar-refractivity contribution in [2.75, 3.05) is 12.4 Å². The SMILES string of the molecule is C=[N+](c1cc(O)c(-c2c(O)cc(Nc3cc(C(=O)OC)ccc3O)cc2O)c(O)c1)c1ccccc1C(=O)O. The van der Waals surface area contributed by atoms with Crippen LogP contribution in [-0.2, 0) is 4.74 Å². The van der Waals surface area contributed by atoms with E-state index in [4.69, 9.17) is 0 Å². The molecule has 0 aliphatic heterocycles.